The van der Waals surface area contributed by atoms with Gasteiger partial charge in [0.15, 0.2) is 0 Å². The number of likely N-dealkylation sites (N-methyl/N-ethyl adjacent to an activating group) is 1. The molecule has 4 atom stereocenters. The molecule has 0 saturated heterocycles. The maximum Gasteiger partial charge on any atom is 0.0957 e. The molecular formula is C13H24Cl2N4O2. The second-order valence-electron chi connectivity index (χ2n) is 6.15. The van der Waals surface area contributed by atoms with Crippen molar-refractivity contribution in [3.63, 3.8) is 0 Å². The molecule has 122 valence electrons. The predicted octanol–water partition coefficient (Wildman–Crippen LogP) is 0.671. The average Bonchev–Trinajstić information content (AvgIpc) is 3.06. The molecule has 2 N–H and O–H groups in total. The van der Waals surface area contributed by atoms with Gasteiger partial charge in [-0.25, -0.2) is 0 Å². The van der Waals surface area contributed by atoms with Gasteiger partial charge < -0.3 is 15.1 Å². The summed E-state index contributed by atoms with van der Waals surface area (Å²) in [4.78, 5) is 1.98. The van der Waals surface area contributed by atoms with Crippen LogP contribution in [0.15, 0.2) is 6.20 Å². The lowest BCUT2D eigenvalue weighted by atomic mass is 10.1. The van der Waals surface area contributed by atoms with E-state index in [1.54, 1.807) is 0 Å². The molecular weight excluding hydrogens is 315 g/mol. The molecule has 0 aliphatic heterocycles. The summed E-state index contributed by atoms with van der Waals surface area (Å²) in [7, 11) is 3.87. The van der Waals surface area contributed by atoms with Crippen LogP contribution in [0.5, 0.6) is 0 Å². The monoisotopic (exact) mass is 338 g/mol. The number of aromatic nitrogens is 3. The van der Waals surface area contributed by atoms with E-state index in [9.17, 15) is 10.2 Å². The Morgan fingerprint density at radius 1 is 1.24 bits per heavy atom. The molecule has 2 aliphatic carbocycles. The SMILES string of the molecule is CN(C)[C@@H]1C[C@H](Cn2cc(C3CC3)nn2)[C@@H](O)[C@H]1O.Cl.Cl. The molecule has 3 rings (SSSR count). The molecule has 0 bridgehead atoms. The van der Waals surface area contributed by atoms with Crippen LogP contribution in [-0.4, -0.2) is 62.5 Å². The number of hydrogen-bond acceptors (Lipinski definition) is 5. The van der Waals surface area contributed by atoms with Gasteiger partial charge in [0.25, 0.3) is 0 Å². The van der Waals surface area contributed by atoms with Gasteiger partial charge in [-0.3, -0.25) is 4.68 Å². The Labute approximate surface area is 137 Å². The van der Waals surface area contributed by atoms with Gasteiger partial charge >= 0.3 is 0 Å². The van der Waals surface area contributed by atoms with Gasteiger partial charge in [-0.05, 0) is 33.4 Å². The number of rotatable bonds is 4. The van der Waals surface area contributed by atoms with Crippen LogP contribution in [0.3, 0.4) is 0 Å². The van der Waals surface area contributed by atoms with Gasteiger partial charge in [-0.15, -0.1) is 29.9 Å². The van der Waals surface area contributed by atoms with Crippen molar-refractivity contribution >= 4 is 24.8 Å². The van der Waals surface area contributed by atoms with E-state index >= 15 is 0 Å². The lowest BCUT2D eigenvalue weighted by Crippen LogP contribution is -2.39. The maximum atomic E-state index is 10.1. The Kier molecular flexibility index (Phi) is 6.43. The minimum absolute atomic E-state index is 0. The van der Waals surface area contributed by atoms with Gasteiger partial charge in [0, 0.05) is 30.6 Å². The summed E-state index contributed by atoms with van der Waals surface area (Å²) in [5.74, 6) is 0.638. The average molecular weight is 339 g/mol. The summed E-state index contributed by atoms with van der Waals surface area (Å²) in [6.45, 7) is 0.627. The van der Waals surface area contributed by atoms with E-state index in [4.69, 9.17) is 0 Å². The third kappa shape index (κ3) is 3.87. The Bertz CT molecular complexity index is 453. The molecule has 0 amide bonds. The first-order valence-electron chi connectivity index (χ1n) is 6.99. The Balaban J connectivity index is 0.00000110. The summed E-state index contributed by atoms with van der Waals surface area (Å²) >= 11 is 0. The molecule has 0 radical (unpaired) electrons. The fraction of sp³-hybridized carbons (Fsp3) is 0.846. The highest BCUT2D eigenvalue weighted by Gasteiger charge is 2.42. The topological polar surface area (TPSA) is 74.4 Å². The molecule has 2 fully saturated rings. The smallest absolute Gasteiger partial charge is 0.0957 e. The van der Waals surface area contributed by atoms with Gasteiger partial charge in [0.05, 0.1) is 17.9 Å². The molecule has 21 heavy (non-hydrogen) atoms. The summed E-state index contributed by atoms with van der Waals surface area (Å²) in [6, 6.07) is 0.0198. The fourth-order valence-electron chi connectivity index (χ4n) is 3.00. The first-order valence-corrected chi connectivity index (χ1v) is 6.99. The van der Waals surface area contributed by atoms with Crippen molar-refractivity contribution in [1.82, 2.24) is 19.9 Å². The van der Waals surface area contributed by atoms with Crippen LogP contribution in [0.2, 0.25) is 0 Å². The molecule has 1 aromatic rings. The lowest BCUT2D eigenvalue weighted by molar-refractivity contribution is -0.00569. The van der Waals surface area contributed by atoms with Gasteiger partial charge in [-0.2, -0.15) is 0 Å². The molecule has 2 saturated carbocycles. The highest BCUT2D eigenvalue weighted by molar-refractivity contribution is 5.85. The van der Waals surface area contributed by atoms with Crippen LogP contribution < -0.4 is 0 Å². The third-order valence-electron chi connectivity index (χ3n) is 4.41. The van der Waals surface area contributed by atoms with Crippen molar-refractivity contribution < 1.29 is 10.2 Å². The van der Waals surface area contributed by atoms with Crippen LogP contribution in [-0.2, 0) is 6.54 Å². The van der Waals surface area contributed by atoms with Crippen molar-refractivity contribution in [2.75, 3.05) is 14.1 Å². The second-order valence-corrected chi connectivity index (χ2v) is 6.15. The highest BCUT2D eigenvalue weighted by atomic mass is 35.5. The van der Waals surface area contributed by atoms with Gasteiger partial charge in [0.1, 0.15) is 0 Å². The van der Waals surface area contributed by atoms with E-state index in [0.29, 0.717) is 12.5 Å². The Morgan fingerprint density at radius 3 is 2.43 bits per heavy atom. The van der Waals surface area contributed by atoms with E-state index in [-0.39, 0.29) is 36.8 Å². The van der Waals surface area contributed by atoms with Gasteiger partial charge in [0.2, 0.25) is 0 Å². The van der Waals surface area contributed by atoms with Crippen LogP contribution in [0.25, 0.3) is 0 Å². The fourth-order valence-corrected chi connectivity index (χ4v) is 3.00. The summed E-state index contributed by atoms with van der Waals surface area (Å²) in [5, 5.41) is 28.5. The minimum Gasteiger partial charge on any atom is -0.390 e. The highest BCUT2D eigenvalue weighted by Crippen LogP contribution is 2.38. The van der Waals surface area contributed by atoms with Crippen LogP contribution in [0.1, 0.15) is 30.9 Å². The summed E-state index contributed by atoms with van der Waals surface area (Å²) < 4.78 is 1.81. The standard InChI is InChI=1S/C13H22N4O2.2ClH/c1-16(2)11-5-9(12(18)13(11)19)6-17-7-10(14-15-17)8-3-4-8;;/h7-9,11-13,18-19H,3-6H2,1-2H3;2*1H/t9-,11-,12-,13+;;/m1../s1. The normalized spacial score (nSPS) is 31.9. The van der Waals surface area contributed by atoms with Gasteiger partial charge in [-0.1, -0.05) is 5.21 Å². The Morgan fingerprint density at radius 2 is 1.90 bits per heavy atom. The zero-order chi connectivity index (χ0) is 13.6. The largest absolute Gasteiger partial charge is 0.390 e. The molecule has 1 heterocycles. The predicted molar refractivity (Wildman–Crippen MR) is 84.1 cm³/mol. The van der Waals surface area contributed by atoms with E-state index in [1.165, 1.54) is 12.8 Å². The number of halogens is 2. The molecule has 2 aliphatic rings. The van der Waals surface area contributed by atoms with Crippen molar-refractivity contribution in [2.24, 2.45) is 5.92 Å². The molecule has 0 unspecified atom stereocenters. The van der Waals surface area contributed by atoms with Crippen molar-refractivity contribution in [2.45, 2.75) is 50.0 Å². The van der Waals surface area contributed by atoms with E-state index in [0.717, 1.165) is 12.1 Å². The molecule has 0 spiro atoms. The zero-order valence-corrected chi connectivity index (χ0v) is 13.9. The summed E-state index contributed by atoms with van der Waals surface area (Å²) in [6.07, 6.45) is 3.85. The van der Waals surface area contributed by atoms with Crippen molar-refractivity contribution in [3.8, 4) is 0 Å². The van der Waals surface area contributed by atoms with E-state index < -0.39 is 12.2 Å². The third-order valence-corrected chi connectivity index (χ3v) is 4.41. The van der Waals surface area contributed by atoms with Crippen molar-refractivity contribution in [1.29, 1.82) is 0 Å². The van der Waals surface area contributed by atoms with E-state index in [2.05, 4.69) is 10.3 Å². The zero-order valence-electron chi connectivity index (χ0n) is 12.3. The molecule has 8 heteroatoms. The van der Waals surface area contributed by atoms with Crippen LogP contribution in [0, 0.1) is 5.92 Å². The number of aliphatic hydroxyl groups is 2. The second kappa shape index (κ2) is 7.24. The maximum absolute atomic E-state index is 10.1. The van der Waals surface area contributed by atoms with Crippen LogP contribution in [0.4, 0.5) is 0 Å². The summed E-state index contributed by atoms with van der Waals surface area (Å²) in [5.41, 5.74) is 1.07. The minimum atomic E-state index is -0.680. The number of nitrogens with zero attached hydrogens (tertiary/aromatic N) is 4. The lowest BCUT2D eigenvalue weighted by Gasteiger charge is -2.22. The van der Waals surface area contributed by atoms with E-state index in [1.807, 2.05) is 29.9 Å². The Hall–Kier alpha value is -0.400. The quantitative estimate of drug-likeness (QED) is 0.844. The molecule has 6 nitrogen and oxygen atoms in total. The molecule has 1 aromatic heterocycles. The molecule has 0 aromatic carbocycles. The number of hydrogen-bond donors (Lipinski definition) is 2. The number of aliphatic hydroxyl groups excluding tert-OH is 2. The first kappa shape index (κ1) is 18.6. The van der Waals surface area contributed by atoms with Crippen LogP contribution >= 0.6 is 24.8 Å². The first-order chi connectivity index (χ1) is 9.06. The van der Waals surface area contributed by atoms with Crippen molar-refractivity contribution in [3.05, 3.63) is 11.9 Å².